The molecule has 1 aromatic carbocycles. The van der Waals surface area contributed by atoms with Crippen LogP contribution in [0.3, 0.4) is 0 Å². The molecule has 0 fully saturated rings. The van der Waals surface area contributed by atoms with Crippen molar-refractivity contribution >= 4 is 28.7 Å². The second-order valence-electron chi connectivity index (χ2n) is 8.18. The molecule has 7 heteroatoms. The van der Waals surface area contributed by atoms with Gasteiger partial charge in [0.2, 0.25) is 5.91 Å². The van der Waals surface area contributed by atoms with Crippen LogP contribution in [0.4, 0.5) is 0 Å². The zero-order chi connectivity index (χ0) is 22.3. The van der Waals surface area contributed by atoms with Crippen LogP contribution in [0.2, 0.25) is 0 Å². The summed E-state index contributed by atoms with van der Waals surface area (Å²) in [5.41, 5.74) is 4.04. The molecule has 1 amide bonds. The maximum Gasteiger partial charge on any atom is 0.329 e. The second-order valence-corrected chi connectivity index (χ2v) is 8.18. The van der Waals surface area contributed by atoms with Crippen molar-refractivity contribution in [2.75, 3.05) is 20.3 Å². The van der Waals surface area contributed by atoms with Crippen LogP contribution in [0, 0.1) is 5.92 Å². The Kier molecular flexibility index (Phi) is 5.60. The summed E-state index contributed by atoms with van der Waals surface area (Å²) >= 11 is 0. The number of ether oxygens (including phenoxy) is 2. The number of carbonyl (C=O) groups excluding carboxylic acids is 3. The van der Waals surface area contributed by atoms with E-state index in [1.54, 1.807) is 6.92 Å². The molecule has 3 atom stereocenters. The lowest BCUT2D eigenvalue weighted by molar-refractivity contribution is -0.147. The molecule has 7 nitrogen and oxygen atoms in total. The quantitative estimate of drug-likeness (QED) is 0.556. The topological polar surface area (TPSA) is 77.8 Å². The standard InChI is InChI=1S/C24H28N2O5/c1-5-16(13-31-15(3)28)19-12-21-22-18(10-11-25(21)14(2)27)17-8-6-7-9-20(17)26(22)23(19)24(29)30-4/h5-9,19,21,23H,10-13H2,1-4H3/b16-5+. The summed E-state index contributed by atoms with van der Waals surface area (Å²) in [5.74, 6) is -0.959. The molecule has 2 aliphatic rings. The van der Waals surface area contributed by atoms with Crippen LogP contribution in [-0.2, 0) is 30.3 Å². The largest absolute Gasteiger partial charge is 0.467 e. The second kappa shape index (κ2) is 8.21. The molecule has 0 N–H and O–H groups in total. The lowest BCUT2D eigenvalue weighted by Crippen LogP contribution is -2.46. The van der Waals surface area contributed by atoms with E-state index in [0.29, 0.717) is 13.0 Å². The fraction of sp³-hybridized carbons (Fsp3) is 0.458. The maximum atomic E-state index is 13.1. The van der Waals surface area contributed by atoms with Crippen LogP contribution in [0.15, 0.2) is 35.9 Å². The van der Waals surface area contributed by atoms with Gasteiger partial charge in [-0.2, -0.15) is 0 Å². The normalized spacial score (nSPS) is 22.8. The van der Waals surface area contributed by atoms with E-state index in [-0.39, 0.29) is 36.4 Å². The Bertz CT molecular complexity index is 1080. The molecule has 0 aliphatic carbocycles. The summed E-state index contributed by atoms with van der Waals surface area (Å²) in [7, 11) is 1.40. The zero-order valence-electron chi connectivity index (χ0n) is 18.4. The molecule has 164 valence electrons. The maximum absolute atomic E-state index is 13.1. The molecule has 31 heavy (non-hydrogen) atoms. The molecule has 0 saturated heterocycles. The number of hydrogen-bond acceptors (Lipinski definition) is 5. The fourth-order valence-electron chi connectivity index (χ4n) is 5.31. The monoisotopic (exact) mass is 424 g/mol. The van der Waals surface area contributed by atoms with Crippen molar-refractivity contribution < 1.29 is 23.9 Å². The highest BCUT2D eigenvalue weighted by atomic mass is 16.5. The number of amides is 1. The van der Waals surface area contributed by atoms with E-state index < -0.39 is 6.04 Å². The van der Waals surface area contributed by atoms with Gasteiger partial charge in [0, 0.05) is 42.9 Å². The lowest BCUT2D eigenvalue weighted by Gasteiger charge is -2.45. The molecule has 0 spiro atoms. The van der Waals surface area contributed by atoms with Gasteiger partial charge in [0.15, 0.2) is 0 Å². The van der Waals surface area contributed by atoms with E-state index in [4.69, 9.17) is 9.47 Å². The molecule has 1 aromatic heterocycles. The SMILES string of the molecule is C/C=C(\COC(C)=O)C1CC2c3c(c4ccccc4n3C1C(=O)OC)CCN2C(C)=O. The van der Waals surface area contributed by atoms with Gasteiger partial charge in [-0.15, -0.1) is 0 Å². The summed E-state index contributed by atoms with van der Waals surface area (Å²) < 4.78 is 12.6. The third kappa shape index (κ3) is 3.42. The van der Waals surface area contributed by atoms with E-state index in [1.807, 2.05) is 36.1 Å². The van der Waals surface area contributed by atoms with Gasteiger partial charge in [0.25, 0.3) is 0 Å². The third-order valence-corrected chi connectivity index (χ3v) is 6.62. The Labute approximate surface area is 181 Å². The van der Waals surface area contributed by atoms with Crippen LogP contribution in [0.25, 0.3) is 10.9 Å². The van der Waals surface area contributed by atoms with Gasteiger partial charge >= 0.3 is 11.9 Å². The highest BCUT2D eigenvalue weighted by Crippen LogP contribution is 2.50. The summed E-state index contributed by atoms with van der Waals surface area (Å²) in [6, 6.07) is 7.32. The van der Waals surface area contributed by atoms with Gasteiger partial charge in [0.05, 0.1) is 13.2 Å². The summed E-state index contributed by atoms with van der Waals surface area (Å²) in [5, 5.41) is 1.11. The number of hydrogen-bond donors (Lipinski definition) is 0. The van der Waals surface area contributed by atoms with Gasteiger partial charge < -0.3 is 18.9 Å². The van der Waals surface area contributed by atoms with Crippen LogP contribution in [-0.4, -0.2) is 47.6 Å². The van der Waals surface area contributed by atoms with Crippen molar-refractivity contribution in [1.29, 1.82) is 0 Å². The van der Waals surface area contributed by atoms with Crippen molar-refractivity contribution in [3.63, 3.8) is 0 Å². The average molecular weight is 424 g/mol. The molecule has 0 saturated carbocycles. The Morgan fingerprint density at radius 1 is 1.19 bits per heavy atom. The van der Waals surface area contributed by atoms with E-state index >= 15 is 0 Å². The number of aromatic nitrogens is 1. The van der Waals surface area contributed by atoms with Crippen LogP contribution < -0.4 is 0 Å². The lowest BCUT2D eigenvalue weighted by atomic mass is 9.79. The van der Waals surface area contributed by atoms with E-state index in [2.05, 4.69) is 10.6 Å². The smallest absolute Gasteiger partial charge is 0.329 e. The fourth-order valence-corrected chi connectivity index (χ4v) is 5.31. The minimum absolute atomic E-state index is 0.0183. The molecule has 2 aliphatic heterocycles. The molecular weight excluding hydrogens is 396 g/mol. The van der Waals surface area contributed by atoms with E-state index in [9.17, 15) is 14.4 Å². The number of nitrogens with zero attached hydrogens (tertiary/aromatic N) is 2. The Morgan fingerprint density at radius 3 is 2.58 bits per heavy atom. The molecule has 0 bridgehead atoms. The molecule has 4 rings (SSSR count). The first-order valence-electron chi connectivity index (χ1n) is 10.6. The van der Waals surface area contributed by atoms with Crippen LogP contribution in [0.5, 0.6) is 0 Å². The highest BCUT2D eigenvalue weighted by Gasteiger charge is 2.47. The highest BCUT2D eigenvalue weighted by molar-refractivity contribution is 5.90. The van der Waals surface area contributed by atoms with Crippen molar-refractivity contribution in [3.8, 4) is 0 Å². The van der Waals surface area contributed by atoms with Crippen molar-refractivity contribution in [1.82, 2.24) is 9.47 Å². The third-order valence-electron chi connectivity index (χ3n) is 6.62. The molecule has 3 heterocycles. The number of methoxy groups -OCH3 is 1. The van der Waals surface area contributed by atoms with Gasteiger partial charge in [-0.3, -0.25) is 9.59 Å². The minimum Gasteiger partial charge on any atom is -0.467 e. The van der Waals surface area contributed by atoms with Gasteiger partial charge in [-0.05, 0) is 37.0 Å². The molecule has 0 radical (unpaired) electrons. The zero-order valence-corrected chi connectivity index (χ0v) is 18.4. The van der Waals surface area contributed by atoms with Gasteiger partial charge in [0.1, 0.15) is 12.6 Å². The van der Waals surface area contributed by atoms with E-state index in [1.165, 1.54) is 19.6 Å². The number of benzene rings is 1. The van der Waals surface area contributed by atoms with Crippen LogP contribution >= 0.6 is 0 Å². The number of esters is 2. The first-order chi connectivity index (χ1) is 14.9. The Hall–Kier alpha value is -3.09. The van der Waals surface area contributed by atoms with E-state index in [0.717, 1.165) is 28.6 Å². The number of carbonyl (C=O) groups is 3. The summed E-state index contributed by atoms with van der Waals surface area (Å²) in [6.45, 7) is 5.60. The van der Waals surface area contributed by atoms with Gasteiger partial charge in [-0.1, -0.05) is 24.3 Å². The number of para-hydroxylation sites is 1. The number of rotatable bonds is 4. The summed E-state index contributed by atoms with van der Waals surface area (Å²) in [6.07, 6.45) is 3.23. The first kappa shape index (κ1) is 21.2. The first-order valence-corrected chi connectivity index (χ1v) is 10.6. The minimum atomic E-state index is -0.594. The molecule has 3 unspecified atom stereocenters. The number of allylic oxidation sites excluding steroid dienone is 1. The Balaban J connectivity index is 1.95. The molecule has 2 aromatic rings. The van der Waals surface area contributed by atoms with Crippen molar-refractivity contribution in [3.05, 3.63) is 47.2 Å². The molecular formula is C24H28N2O5. The van der Waals surface area contributed by atoms with Crippen molar-refractivity contribution in [2.24, 2.45) is 5.92 Å². The predicted molar refractivity (Wildman–Crippen MR) is 115 cm³/mol. The Morgan fingerprint density at radius 2 is 1.94 bits per heavy atom. The number of fused-ring (bicyclic) bond motifs is 3. The summed E-state index contributed by atoms with van der Waals surface area (Å²) in [4.78, 5) is 39.0. The van der Waals surface area contributed by atoms with Gasteiger partial charge in [-0.25, -0.2) is 4.79 Å². The van der Waals surface area contributed by atoms with Crippen LogP contribution in [0.1, 0.15) is 50.5 Å². The predicted octanol–water partition coefficient (Wildman–Crippen LogP) is 3.33. The average Bonchev–Trinajstić information content (AvgIpc) is 3.09. The van der Waals surface area contributed by atoms with Crippen molar-refractivity contribution in [2.45, 2.75) is 45.7 Å².